The van der Waals surface area contributed by atoms with Gasteiger partial charge in [-0.1, -0.05) is 6.07 Å². The van der Waals surface area contributed by atoms with Crippen molar-refractivity contribution < 1.29 is 9.53 Å². The Morgan fingerprint density at radius 1 is 1.10 bits per heavy atom. The van der Waals surface area contributed by atoms with Gasteiger partial charge in [-0.25, -0.2) is 9.78 Å². The highest BCUT2D eigenvalue weighted by atomic mass is 16.5. The van der Waals surface area contributed by atoms with Crippen LogP contribution in [0.2, 0.25) is 0 Å². The van der Waals surface area contributed by atoms with E-state index in [1.807, 2.05) is 56.0 Å². The highest BCUT2D eigenvalue weighted by molar-refractivity contribution is 5.76. The predicted octanol–water partition coefficient (Wildman–Crippen LogP) is 4.45. The smallest absolute Gasteiger partial charge is 0.318 e. The first kappa shape index (κ1) is 25.8. The molecule has 1 spiro atoms. The van der Waals surface area contributed by atoms with Crippen LogP contribution in [0.4, 0.5) is 10.6 Å². The number of nitrogens with one attached hydrogen (secondary N) is 1. The molecule has 2 aliphatic rings. The zero-order valence-corrected chi connectivity index (χ0v) is 23.0. The summed E-state index contributed by atoms with van der Waals surface area (Å²) < 4.78 is 8.24. The molecule has 0 aliphatic carbocycles. The number of likely N-dealkylation sites (tertiary alicyclic amines) is 1. The Bertz CT molecular complexity index is 1520. The SMILES string of the molecule is C[C@H](Oc1cc(-c2cc3n(n2)CCC32CCN(C(=O)NC(C)(C)c3ccncc3)C2)cnc1N)c1cccnc1. The largest absolute Gasteiger partial charge is 0.482 e. The molecule has 0 saturated carbocycles. The molecule has 0 radical (unpaired) electrons. The zero-order chi connectivity index (χ0) is 27.9. The Labute approximate surface area is 233 Å². The summed E-state index contributed by atoms with van der Waals surface area (Å²) in [4.78, 5) is 27.9. The third-order valence-corrected chi connectivity index (χ3v) is 8.22. The lowest BCUT2D eigenvalue weighted by atomic mass is 9.82. The number of nitrogens with zero attached hydrogens (tertiary/aromatic N) is 6. The van der Waals surface area contributed by atoms with Gasteiger partial charge >= 0.3 is 6.03 Å². The molecule has 2 amide bonds. The van der Waals surface area contributed by atoms with E-state index in [0.29, 0.717) is 24.7 Å². The van der Waals surface area contributed by atoms with Gasteiger partial charge in [0.2, 0.25) is 0 Å². The van der Waals surface area contributed by atoms with E-state index in [1.165, 1.54) is 0 Å². The van der Waals surface area contributed by atoms with Crippen LogP contribution in [0.3, 0.4) is 0 Å². The zero-order valence-electron chi connectivity index (χ0n) is 23.0. The lowest BCUT2D eigenvalue weighted by Gasteiger charge is -2.30. The fourth-order valence-electron chi connectivity index (χ4n) is 5.81. The van der Waals surface area contributed by atoms with Crippen LogP contribution in [-0.4, -0.2) is 48.8 Å². The van der Waals surface area contributed by atoms with Crippen LogP contribution in [0.15, 0.2) is 67.4 Å². The van der Waals surface area contributed by atoms with Crippen LogP contribution in [-0.2, 0) is 17.5 Å². The maximum Gasteiger partial charge on any atom is 0.318 e. The van der Waals surface area contributed by atoms with Crippen molar-refractivity contribution in [2.24, 2.45) is 0 Å². The fourth-order valence-corrected chi connectivity index (χ4v) is 5.81. The Morgan fingerprint density at radius 2 is 1.90 bits per heavy atom. The van der Waals surface area contributed by atoms with Crippen LogP contribution in [0, 0.1) is 0 Å². The minimum atomic E-state index is -0.503. The summed E-state index contributed by atoms with van der Waals surface area (Å²) in [5.74, 6) is 0.840. The number of urea groups is 1. The molecule has 1 fully saturated rings. The van der Waals surface area contributed by atoms with Crippen molar-refractivity contribution >= 4 is 11.8 Å². The third-order valence-electron chi connectivity index (χ3n) is 8.22. The van der Waals surface area contributed by atoms with E-state index in [1.54, 1.807) is 31.0 Å². The molecular weight excluding hydrogens is 504 g/mol. The standard InChI is InChI=1S/C30H34N8O2/c1-20(21-5-4-10-33-17-21)40-25-15-22(18-34-27(25)31)24-16-26-30(9-14-38(26)36-24)8-13-37(19-30)28(39)35-29(2,3)23-6-11-32-12-7-23/h4-7,10-12,15-18,20H,8-9,13-14,19H2,1-3H3,(H2,31,34)(H,35,39)/t20-,30?/m0/s1. The molecule has 3 N–H and O–H groups in total. The Hall–Kier alpha value is -4.47. The number of carbonyl (C=O) groups excluding carboxylic acids is 1. The van der Waals surface area contributed by atoms with Gasteiger partial charge in [0.1, 0.15) is 6.10 Å². The minimum Gasteiger partial charge on any atom is -0.482 e. The summed E-state index contributed by atoms with van der Waals surface area (Å²) in [5, 5.41) is 8.12. The van der Waals surface area contributed by atoms with Crippen molar-refractivity contribution in [3.05, 3.63) is 84.2 Å². The average Bonchev–Trinajstić information content (AvgIpc) is 3.67. The summed E-state index contributed by atoms with van der Waals surface area (Å²) in [6.07, 6.45) is 10.4. The molecule has 2 aliphatic heterocycles. The van der Waals surface area contributed by atoms with Crippen molar-refractivity contribution in [1.29, 1.82) is 0 Å². The minimum absolute atomic E-state index is 0.0517. The van der Waals surface area contributed by atoms with Crippen LogP contribution >= 0.6 is 0 Å². The summed E-state index contributed by atoms with van der Waals surface area (Å²) >= 11 is 0. The molecule has 6 heterocycles. The molecule has 10 heteroatoms. The van der Waals surface area contributed by atoms with Crippen molar-refractivity contribution in [1.82, 2.24) is 34.9 Å². The van der Waals surface area contributed by atoms with Gasteiger partial charge in [0.25, 0.3) is 0 Å². The molecule has 6 rings (SSSR count). The molecule has 1 saturated heterocycles. The number of hydrogen-bond acceptors (Lipinski definition) is 7. The maximum absolute atomic E-state index is 13.3. The van der Waals surface area contributed by atoms with Crippen molar-refractivity contribution in [3.8, 4) is 17.0 Å². The number of anilines is 1. The molecule has 2 atom stereocenters. The second-order valence-corrected chi connectivity index (χ2v) is 11.3. The number of ether oxygens (including phenoxy) is 1. The van der Waals surface area contributed by atoms with Crippen LogP contribution < -0.4 is 15.8 Å². The predicted molar refractivity (Wildman–Crippen MR) is 151 cm³/mol. The van der Waals surface area contributed by atoms with E-state index in [2.05, 4.69) is 31.0 Å². The van der Waals surface area contributed by atoms with E-state index >= 15 is 0 Å². The molecule has 0 bridgehead atoms. The molecule has 40 heavy (non-hydrogen) atoms. The number of nitrogens with two attached hydrogens (primary N) is 1. The number of aromatic nitrogens is 5. The van der Waals surface area contributed by atoms with Gasteiger partial charge in [0.05, 0.1) is 11.2 Å². The maximum atomic E-state index is 13.3. The molecule has 4 aromatic rings. The number of rotatable bonds is 6. The number of amides is 2. The van der Waals surface area contributed by atoms with E-state index in [-0.39, 0.29) is 17.6 Å². The fraction of sp³-hybridized carbons (Fsp3) is 0.367. The molecule has 206 valence electrons. The van der Waals surface area contributed by atoms with Gasteiger partial charge < -0.3 is 20.7 Å². The molecular formula is C30H34N8O2. The number of hydrogen-bond donors (Lipinski definition) is 2. The van der Waals surface area contributed by atoms with E-state index < -0.39 is 5.54 Å². The number of nitrogen functional groups attached to an aromatic ring is 1. The Kier molecular flexibility index (Phi) is 6.40. The van der Waals surface area contributed by atoms with Crippen LogP contribution in [0.5, 0.6) is 5.75 Å². The van der Waals surface area contributed by atoms with Gasteiger partial charge in [0.15, 0.2) is 11.6 Å². The van der Waals surface area contributed by atoms with Crippen LogP contribution in [0.25, 0.3) is 11.3 Å². The Morgan fingerprint density at radius 3 is 2.67 bits per heavy atom. The number of fused-ring (bicyclic) bond motifs is 2. The second-order valence-electron chi connectivity index (χ2n) is 11.3. The number of aryl methyl sites for hydroxylation is 1. The summed E-state index contributed by atoms with van der Waals surface area (Å²) in [7, 11) is 0. The van der Waals surface area contributed by atoms with Crippen molar-refractivity contribution in [2.45, 2.75) is 57.2 Å². The monoisotopic (exact) mass is 538 g/mol. The van der Waals surface area contributed by atoms with Crippen molar-refractivity contribution in [2.75, 3.05) is 18.8 Å². The lowest BCUT2D eigenvalue weighted by molar-refractivity contribution is 0.194. The van der Waals surface area contributed by atoms with E-state index in [9.17, 15) is 4.79 Å². The van der Waals surface area contributed by atoms with Crippen LogP contribution in [0.1, 0.15) is 56.5 Å². The first-order valence-electron chi connectivity index (χ1n) is 13.6. The van der Waals surface area contributed by atoms with Gasteiger partial charge in [-0.15, -0.1) is 0 Å². The molecule has 0 aromatic carbocycles. The average molecular weight is 539 g/mol. The summed E-state index contributed by atoms with van der Waals surface area (Å²) in [6, 6.07) is 11.7. The molecule has 4 aromatic heterocycles. The summed E-state index contributed by atoms with van der Waals surface area (Å²) in [6.45, 7) is 8.16. The highest BCUT2D eigenvalue weighted by Crippen LogP contribution is 2.44. The summed E-state index contributed by atoms with van der Waals surface area (Å²) in [5.41, 5.74) is 10.3. The molecule has 10 nitrogen and oxygen atoms in total. The first-order valence-corrected chi connectivity index (χ1v) is 13.6. The van der Waals surface area contributed by atoms with E-state index in [4.69, 9.17) is 15.6 Å². The quantitative estimate of drug-likeness (QED) is 0.372. The topological polar surface area (TPSA) is 124 Å². The number of carbonyl (C=O) groups is 1. The highest BCUT2D eigenvalue weighted by Gasteiger charge is 2.47. The third kappa shape index (κ3) is 4.74. The van der Waals surface area contributed by atoms with Gasteiger partial charge in [-0.3, -0.25) is 14.6 Å². The van der Waals surface area contributed by atoms with E-state index in [0.717, 1.165) is 47.5 Å². The van der Waals surface area contributed by atoms with Gasteiger partial charge in [0, 0.05) is 72.9 Å². The van der Waals surface area contributed by atoms with Gasteiger partial charge in [-0.05, 0) is 69.5 Å². The van der Waals surface area contributed by atoms with Crippen molar-refractivity contribution in [3.63, 3.8) is 0 Å². The first-order chi connectivity index (χ1) is 19.2. The van der Waals surface area contributed by atoms with Gasteiger partial charge in [-0.2, -0.15) is 5.10 Å². The molecule has 1 unspecified atom stereocenters. The normalized spacial score (nSPS) is 19.0. The lowest BCUT2D eigenvalue weighted by Crippen LogP contribution is -2.48. The Balaban J connectivity index is 1.18. The number of pyridine rings is 3. The second kappa shape index (κ2) is 9.93.